The zero-order chi connectivity index (χ0) is 14.6. The Hall–Kier alpha value is -1.52. The van der Waals surface area contributed by atoms with Crippen molar-refractivity contribution in [3.63, 3.8) is 0 Å². The van der Waals surface area contributed by atoms with Crippen LogP contribution in [-0.4, -0.2) is 30.9 Å². The summed E-state index contributed by atoms with van der Waals surface area (Å²) in [5.41, 5.74) is 0.596. The van der Waals surface area contributed by atoms with Gasteiger partial charge >= 0.3 is 5.97 Å². The first-order valence-corrected chi connectivity index (χ1v) is 6.08. The van der Waals surface area contributed by atoms with Crippen molar-refractivity contribution in [1.29, 1.82) is 0 Å². The largest absolute Gasteiger partial charge is 0.506 e. The minimum absolute atomic E-state index is 0.0331. The molecule has 0 radical (unpaired) electrons. The standard InChI is InChI=1S/C13H13Cl2NO3/c1-7(16-2)11(13(18)19-3)12(17)9-5-4-8(14)6-10(9)15/h4-6,17H,1-3H3. The van der Waals surface area contributed by atoms with E-state index in [2.05, 4.69) is 9.73 Å². The molecule has 1 aromatic carbocycles. The van der Waals surface area contributed by atoms with Crippen LogP contribution in [0.5, 0.6) is 0 Å². The summed E-state index contributed by atoms with van der Waals surface area (Å²) in [7, 11) is 2.73. The summed E-state index contributed by atoms with van der Waals surface area (Å²) in [5.74, 6) is -0.983. The minimum Gasteiger partial charge on any atom is -0.506 e. The molecule has 0 saturated carbocycles. The molecular weight excluding hydrogens is 289 g/mol. The molecule has 0 aliphatic heterocycles. The molecule has 1 N–H and O–H groups in total. The third kappa shape index (κ3) is 3.49. The molecule has 102 valence electrons. The van der Waals surface area contributed by atoms with E-state index < -0.39 is 5.97 Å². The van der Waals surface area contributed by atoms with Crippen LogP contribution >= 0.6 is 23.2 Å². The van der Waals surface area contributed by atoms with Gasteiger partial charge in [0.1, 0.15) is 11.3 Å². The van der Waals surface area contributed by atoms with E-state index in [1.54, 1.807) is 13.0 Å². The lowest BCUT2D eigenvalue weighted by Crippen LogP contribution is -2.14. The van der Waals surface area contributed by atoms with Gasteiger partial charge in [-0.1, -0.05) is 23.2 Å². The zero-order valence-electron chi connectivity index (χ0n) is 10.7. The number of aliphatic hydroxyl groups is 1. The van der Waals surface area contributed by atoms with E-state index in [-0.39, 0.29) is 21.9 Å². The predicted molar refractivity (Wildman–Crippen MR) is 77.1 cm³/mol. The summed E-state index contributed by atoms with van der Waals surface area (Å²) in [6.45, 7) is 1.59. The van der Waals surface area contributed by atoms with Gasteiger partial charge in [-0.3, -0.25) is 4.99 Å². The highest BCUT2D eigenvalue weighted by Gasteiger charge is 2.21. The lowest BCUT2D eigenvalue weighted by Gasteiger charge is -2.10. The van der Waals surface area contributed by atoms with Gasteiger partial charge in [0.05, 0.1) is 12.1 Å². The van der Waals surface area contributed by atoms with E-state index in [0.717, 1.165) is 0 Å². The Kier molecular flexibility index (Phi) is 5.39. The van der Waals surface area contributed by atoms with Crippen LogP contribution in [0.3, 0.4) is 0 Å². The average molecular weight is 302 g/mol. The number of esters is 1. The van der Waals surface area contributed by atoms with E-state index >= 15 is 0 Å². The van der Waals surface area contributed by atoms with Gasteiger partial charge in [-0.2, -0.15) is 0 Å². The number of aliphatic imine (C=N–C) groups is 1. The topological polar surface area (TPSA) is 58.9 Å². The molecule has 0 unspecified atom stereocenters. The maximum absolute atomic E-state index is 11.7. The molecular formula is C13H13Cl2NO3. The molecule has 6 heteroatoms. The van der Waals surface area contributed by atoms with Crippen molar-refractivity contribution in [2.24, 2.45) is 4.99 Å². The van der Waals surface area contributed by atoms with Gasteiger partial charge in [0.25, 0.3) is 0 Å². The number of benzene rings is 1. The molecule has 0 fully saturated rings. The van der Waals surface area contributed by atoms with Gasteiger partial charge in [0.15, 0.2) is 0 Å². The van der Waals surface area contributed by atoms with Crippen LogP contribution in [0.4, 0.5) is 0 Å². The number of nitrogens with zero attached hydrogens (tertiary/aromatic N) is 1. The van der Waals surface area contributed by atoms with Crippen molar-refractivity contribution in [2.45, 2.75) is 6.92 Å². The number of halogens is 2. The molecule has 4 nitrogen and oxygen atoms in total. The maximum atomic E-state index is 11.7. The van der Waals surface area contributed by atoms with Crippen LogP contribution < -0.4 is 0 Å². The Balaban J connectivity index is 3.49. The predicted octanol–water partition coefficient (Wildman–Crippen LogP) is 3.53. The van der Waals surface area contributed by atoms with Crippen molar-refractivity contribution < 1.29 is 14.6 Å². The minimum atomic E-state index is -0.688. The van der Waals surface area contributed by atoms with Gasteiger partial charge in [0, 0.05) is 23.3 Å². The van der Waals surface area contributed by atoms with Gasteiger partial charge in [-0.05, 0) is 25.1 Å². The fraction of sp³-hybridized carbons (Fsp3) is 0.231. The van der Waals surface area contributed by atoms with E-state index in [1.165, 1.54) is 26.3 Å². The van der Waals surface area contributed by atoms with E-state index in [0.29, 0.717) is 10.7 Å². The second-order valence-electron chi connectivity index (χ2n) is 3.65. The first-order chi connectivity index (χ1) is 8.92. The molecule has 0 heterocycles. The summed E-state index contributed by atoms with van der Waals surface area (Å²) in [4.78, 5) is 15.6. The molecule has 0 saturated heterocycles. The molecule has 0 aliphatic carbocycles. The van der Waals surface area contributed by atoms with Gasteiger partial charge in [0.2, 0.25) is 0 Å². The first-order valence-electron chi connectivity index (χ1n) is 5.33. The number of ether oxygens (including phenoxy) is 1. The molecule has 1 aromatic rings. The smallest absolute Gasteiger partial charge is 0.343 e. The van der Waals surface area contributed by atoms with Crippen LogP contribution in [0.25, 0.3) is 5.76 Å². The highest BCUT2D eigenvalue weighted by atomic mass is 35.5. The molecule has 0 spiro atoms. The normalized spacial score (nSPS) is 13.0. The second-order valence-corrected chi connectivity index (χ2v) is 4.49. The van der Waals surface area contributed by atoms with Crippen molar-refractivity contribution in [3.8, 4) is 0 Å². The number of methoxy groups -OCH3 is 1. The number of carbonyl (C=O) groups excluding carboxylic acids is 1. The van der Waals surface area contributed by atoms with Gasteiger partial charge in [-0.15, -0.1) is 0 Å². The SMILES string of the molecule is CN=C(C)C(C(=O)OC)=C(O)c1ccc(Cl)cc1Cl. The van der Waals surface area contributed by atoms with Crippen LogP contribution in [-0.2, 0) is 9.53 Å². The van der Waals surface area contributed by atoms with Crippen molar-refractivity contribution in [1.82, 2.24) is 0 Å². The van der Waals surface area contributed by atoms with E-state index in [4.69, 9.17) is 23.2 Å². The maximum Gasteiger partial charge on any atom is 0.343 e. The van der Waals surface area contributed by atoms with Gasteiger partial charge < -0.3 is 9.84 Å². The number of carbonyl (C=O) groups is 1. The third-order valence-corrected chi connectivity index (χ3v) is 3.06. The molecule has 0 aromatic heterocycles. The summed E-state index contributed by atoms with van der Waals surface area (Å²) in [5, 5.41) is 10.9. The monoisotopic (exact) mass is 301 g/mol. The Morgan fingerprint density at radius 1 is 1.37 bits per heavy atom. The fourth-order valence-corrected chi connectivity index (χ4v) is 1.94. The molecule has 0 atom stereocenters. The zero-order valence-corrected chi connectivity index (χ0v) is 12.2. The molecule has 19 heavy (non-hydrogen) atoms. The van der Waals surface area contributed by atoms with Crippen molar-refractivity contribution in [3.05, 3.63) is 39.4 Å². The molecule has 0 amide bonds. The van der Waals surface area contributed by atoms with E-state index in [1.807, 2.05) is 0 Å². The van der Waals surface area contributed by atoms with Crippen molar-refractivity contribution >= 4 is 40.6 Å². The fourth-order valence-electron chi connectivity index (χ4n) is 1.45. The van der Waals surface area contributed by atoms with E-state index in [9.17, 15) is 9.90 Å². The number of aliphatic hydroxyl groups excluding tert-OH is 1. The lowest BCUT2D eigenvalue weighted by atomic mass is 10.0. The quantitative estimate of drug-likeness (QED) is 0.402. The Morgan fingerprint density at radius 3 is 2.47 bits per heavy atom. The molecule has 0 aliphatic rings. The second kappa shape index (κ2) is 6.59. The van der Waals surface area contributed by atoms with Crippen LogP contribution in [0.1, 0.15) is 12.5 Å². The van der Waals surface area contributed by atoms with Crippen LogP contribution in [0, 0.1) is 0 Å². The highest BCUT2D eigenvalue weighted by molar-refractivity contribution is 6.36. The molecule has 1 rings (SSSR count). The summed E-state index contributed by atoms with van der Waals surface area (Å²) < 4.78 is 4.63. The Bertz CT molecular complexity index is 565. The summed E-state index contributed by atoms with van der Waals surface area (Å²) >= 11 is 11.8. The summed E-state index contributed by atoms with van der Waals surface area (Å²) in [6, 6.07) is 4.56. The summed E-state index contributed by atoms with van der Waals surface area (Å²) in [6.07, 6.45) is 0. The third-order valence-electron chi connectivity index (χ3n) is 2.51. The number of hydrogen-bond donors (Lipinski definition) is 1. The van der Waals surface area contributed by atoms with Gasteiger partial charge in [-0.25, -0.2) is 4.79 Å². The number of rotatable bonds is 3. The highest BCUT2D eigenvalue weighted by Crippen LogP contribution is 2.28. The Labute approximate surface area is 121 Å². The molecule has 0 bridgehead atoms. The van der Waals surface area contributed by atoms with Crippen LogP contribution in [0.2, 0.25) is 10.0 Å². The first kappa shape index (κ1) is 15.5. The van der Waals surface area contributed by atoms with Crippen LogP contribution in [0.15, 0.2) is 28.8 Å². The number of hydrogen-bond acceptors (Lipinski definition) is 4. The van der Waals surface area contributed by atoms with Crippen molar-refractivity contribution in [2.75, 3.05) is 14.2 Å². The average Bonchev–Trinajstić information content (AvgIpc) is 2.38. The lowest BCUT2D eigenvalue weighted by molar-refractivity contribution is -0.135. The Morgan fingerprint density at radius 2 is 2.00 bits per heavy atom.